The smallest absolute Gasteiger partial charge is 0.224 e. The number of hydrogen-bond donors (Lipinski definition) is 2. The lowest BCUT2D eigenvalue weighted by Crippen LogP contribution is -2.26. The molecule has 0 bridgehead atoms. The van der Waals surface area contributed by atoms with Crippen molar-refractivity contribution in [2.75, 3.05) is 11.9 Å². The van der Waals surface area contributed by atoms with E-state index in [1.54, 1.807) is 6.08 Å². The van der Waals surface area contributed by atoms with E-state index >= 15 is 0 Å². The predicted octanol–water partition coefficient (Wildman–Crippen LogP) is 2.34. The van der Waals surface area contributed by atoms with Crippen molar-refractivity contribution < 1.29 is 9.59 Å². The Morgan fingerprint density at radius 2 is 1.84 bits per heavy atom. The molecule has 2 amide bonds. The third-order valence-corrected chi connectivity index (χ3v) is 2.57. The first-order valence-corrected chi connectivity index (χ1v) is 6.34. The summed E-state index contributed by atoms with van der Waals surface area (Å²) in [4.78, 5) is 23.2. The zero-order chi connectivity index (χ0) is 14.1. The van der Waals surface area contributed by atoms with Crippen molar-refractivity contribution in [3.05, 3.63) is 43.0 Å². The van der Waals surface area contributed by atoms with Crippen LogP contribution < -0.4 is 10.6 Å². The maximum absolute atomic E-state index is 11.8. The Morgan fingerprint density at radius 3 is 2.47 bits per heavy atom. The lowest BCUT2D eigenvalue weighted by molar-refractivity contribution is -0.122. The van der Waals surface area contributed by atoms with Gasteiger partial charge in [0.05, 0.1) is 0 Å². The fourth-order valence-electron chi connectivity index (χ4n) is 1.70. The number of carbonyl (C=O) groups is 2. The van der Waals surface area contributed by atoms with Crippen LogP contribution in [0.5, 0.6) is 0 Å². The van der Waals surface area contributed by atoms with E-state index in [1.165, 1.54) is 0 Å². The van der Waals surface area contributed by atoms with Gasteiger partial charge in [0.25, 0.3) is 0 Å². The van der Waals surface area contributed by atoms with Gasteiger partial charge in [0, 0.05) is 25.1 Å². The summed E-state index contributed by atoms with van der Waals surface area (Å²) < 4.78 is 0. The number of amides is 2. The van der Waals surface area contributed by atoms with Gasteiger partial charge >= 0.3 is 0 Å². The maximum atomic E-state index is 11.8. The van der Waals surface area contributed by atoms with Gasteiger partial charge in [-0.25, -0.2) is 0 Å². The Balaban J connectivity index is 2.31. The molecule has 0 fully saturated rings. The van der Waals surface area contributed by atoms with Gasteiger partial charge in [0.2, 0.25) is 11.8 Å². The minimum absolute atomic E-state index is 0.00790. The highest BCUT2D eigenvalue weighted by atomic mass is 16.2. The summed E-state index contributed by atoms with van der Waals surface area (Å²) >= 11 is 0. The number of carbonyl (C=O) groups excluding carboxylic acids is 2. The van der Waals surface area contributed by atoms with E-state index in [-0.39, 0.29) is 17.7 Å². The van der Waals surface area contributed by atoms with E-state index in [0.29, 0.717) is 19.4 Å². The zero-order valence-electron chi connectivity index (χ0n) is 11.2. The minimum atomic E-state index is -0.0739. The van der Waals surface area contributed by atoms with Crippen LogP contribution in [0.3, 0.4) is 0 Å². The molecule has 1 aromatic rings. The van der Waals surface area contributed by atoms with Crippen LogP contribution in [0.15, 0.2) is 43.0 Å². The molecule has 0 aliphatic heterocycles. The first-order valence-electron chi connectivity index (χ1n) is 6.34. The molecule has 0 saturated heterocycles. The molecule has 1 aromatic carbocycles. The largest absolute Gasteiger partial charge is 0.353 e. The summed E-state index contributed by atoms with van der Waals surface area (Å²) in [5.74, 6) is -0.122. The van der Waals surface area contributed by atoms with Gasteiger partial charge in [0.15, 0.2) is 0 Å². The van der Waals surface area contributed by atoms with E-state index in [2.05, 4.69) is 17.2 Å². The van der Waals surface area contributed by atoms with Gasteiger partial charge in [0.1, 0.15) is 0 Å². The van der Waals surface area contributed by atoms with Crippen molar-refractivity contribution in [1.82, 2.24) is 5.32 Å². The van der Waals surface area contributed by atoms with Crippen LogP contribution in [-0.4, -0.2) is 18.4 Å². The van der Waals surface area contributed by atoms with Gasteiger partial charge in [-0.2, -0.15) is 0 Å². The summed E-state index contributed by atoms with van der Waals surface area (Å²) in [7, 11) is 0. The normalized spacial score (nSPS) is 11.4. The fourth-order valence-corrected chi connectivity index (χ4v) is 1.70. The highest BCUT2D eigenvalue weighted by Gasteiger charge is 2.13. The molecule has 0 spiro atoms. The number of para-hydroxylation sites is 1. The Labute approximate surface area is 113 Å². The average molecular weight is 260 g/mol. The Bertz CT molecular complexity index is 429. The monoisotopic (exact) mass is 260 g/mol. The quantitative estimate of drug-likeness (QED) is 0.739. The van der Waals surface area contributed by atoms with Crippen LogP contribution in [0.1, 0.15) is 19.8 Å². The lowest BCUT2D eigenvalue weighted by Gasteiger charge is -2.11. The maximum Gasteiger partial charge on any atom is 0.224 e. The molecule has 2 N–H and O–H groups in total. The third-order valence-electron chi connectivity index (χ3n) is 2.57. The van der Waals surface area contributed by atoms with Gasteiger partial charge in [-0.1, -0.05) is 31.2 Å². The molecule has 4 heteroatoms. The van der Waals surface area contributed by atoms with E-state index < -0.39 is 0 Å². The molecular formula is C15H20N2O2. The number of anilines is 1. The molecule has 102 valence electrons. The second-order valence-corrected chi connectivity index (χ2v) is 4.52. The van der Waals surface area contributed by atoms with Gasteiger partial charge < -0.3 is 10.6 Å². The molecule has 19 heavy (non-hydrogen) atoms. The van der Waals surface area contributed by atoms with E-state index in [9.17, 15) is 9.59 Å². The van der Waals surface area contributed by atoms with Crippen molar-refractivity contribution in [3.8, 4) is 0 Å². The first kappa shape index (κ1) is 15.0. The van der Waals surface area contributed by atoms with E-state index in [1.807, 2.05) is 37.3 Å². The van der Waals surface area contributed by atoms with Gasteiger partial charge in [-0.15, -0.1) is 6.58 Å². The molecular weight excluding hydrogens is 240 g/mol. The molecule has 1 rings (SSSR count). The van der Waals surface area contributed by atoms with Crippen molar-refractivity contribution >= 4 is 17.5 Å². The zero-order valence-corrected chi connectivity index (χ0v) is 11.2. The Kier molecular flexibility index (Phi) is 6.36. The Morgan fingerprint density at radius 1 is 1.21 bits per heavy atom. The van der Waals surface area contributed by atoms with E-state index in [4.69, 9.17) is 0 Å². The van der Waals surface area contributed by atoms with Crippen molar-refractivity contribution in [2.24, 2.45) is 5.92 Å². The van der Waals surface area contributed by atoms with E-state index in [0.717, 1.165) is 5.69 Å². The van der Waals surface area contributed by atoms with Crippen LogP contribution in [0.2, 0.25) is 0 Å². The molecule has 0 saturated carbocycles. The summed E-state index contributed by atoms with van der Waals surface area (Å²) in [5.41, 5.74) is 0.774. The highest BCUT2D eigenvalue weighted by Crippen LogP contribution is 2.11. The van der Waals surface area contributed by atoms with Crippen molar-refractivity contribution in [2.45, 2.75) is 19.8 Å². The summed E-state index contributed by atoms with van der Waals surface area (Å²) in [6.07, 6.45) is 2.30. The lowest BCUT2D eigenvalue weighted by atomic mass is 10.0. The minimum Gasteiger partial charge on any atom is -0.353 e. The molecule has 0 aliphatic carbocycles. The van der Waals surface area contributed by atoms with Crippen LogP contribution >= 0.6 is 0 Å². The highest BCUT2D eigenvalue weighted by molar-refractivity contribution is 5.91. The topological polar surface area (TPSA) is 58.2 Å². The standard InChI is InChI=1S/C15H20N2O2/c1-3-9-16-14(18)10-12(2)11-15(19)17-13-7-5-4-6-8-13/h3-8,12H,1,9-11H2,2H3,(H,16,18)(H,17,19). The van der Waals surface area contributed by atoms with Crippen molar-refractivity contribution in [3.63, 3.8) is 0 Å². The predicted molar refractivity (Wildman–Crippen MR) is 76.7 cm³/mol. The average Bonchev–Trinajstić information content (AvgIpc) is 2.37. The van der Waals surface area contributed by atoms with Crippen LogP contribution in [-0.2, 0) is 9.59 Å². The summed E-state index contributed by atoms with van der Waals surface area (Å²) in [6, 6.07) is 9.28. The second-order valence-electron chi connectivity index (χ2n) is 4.52. The van der Waals surface area contributed by atoms with Crippen LogP contribution in [0.25, 0.3) is 0 Å². The molecule has 0 radical (unpaired) electrons. The van der Waals surface area contributed by atoms with Gasteiger partial charge in [-0.05, 0) is 18.1 Å². The molecule has 4 nitrogen and oxygen atoms in total. The number of nitrogens with one attached hydrogen (secondary N) is 2. The second kappa shape index (κ2) is 8.08. The summed E-state index contributed by atoms with van der Waals surface area (Å²) in [6.45, 7) is 5.88. The van der Waals surface area contributed by atoms with Gasteiger partial charge in [-0.3, -0.25) is 9.59 Å². The molecule has 0 heterocycles. The van der Waals surface area contributed by atoms with Crippen LogP contribution in [0, 0.1) is 5.92 Å². The SMILES string of the molecule is C=CCNC(=O)CC(C)CC(=O)Nc1ccccc1. The van der Waals surface area contributed by atoms with Crippen LogP contribution in [0.4, 0.5) is 5.69 Å². The Hall–Kier alpha value is -2.10. The molecule has 1 unspecified atom stereocenters. The number of rotatable bonds is 7. The molecule has 1 atom stereocenters. The first-order chi connectivity index (χ1) is 9.11. The number of hydrogen-bond acceptors (Lipinski definition) is 2. The molecule has 0 aromatic heterocycles. The number of benzene rings is 1. The third kappa shape index (κ3) is 6.41. The van der Waals surface area contributed by atoms with Crippen molar-refractivity contribution in [1.29, 1.82) is 0 Å². The summed E-state index contributed by atoms with van der Waals surface area (Å²) in [5, 5.41) is 5.50. The molecule has 0 aliphatic rings. The fraction of sp³-hybridized carbons (Fsp3) is 0.333.